The normalized spacial score (nSPS) is 12.8. The van der Waals surface area contributed by atoms with Gasteiger partial charge >= 0.3 is 29.6 Å². The van der Waals surface area contributed by atoms with E-state index in [1.807, 2.05) is 0 Å². The number of hydrogen-bond donors (Lipinski definition) is 0. The smallest absolute Gasteiger partial charge is 0.726 e. The molecule has 0 saturated heterocycles. The van der Waals surface area contributed by atoms with Gasteiger partial charge in [-0.2, -0.15) is 0 Å². The van der Waals surface area contributed by atoms with Crippen LogP contribution in [0.3, 0.4) is 0 Å². The Kier molecular flexibility index (Phi) is 29.5. The molecule has 0 aliphatic carbocycles. The van der Waals surface area contributed by atoms with E-state index in [9.17, 15) is 13.0 Å². The molecule has 0 radical (unpaired) electrons. The second kappa shape index (κ2) is 27.2. The first-order valence-corrected chi connectivity index (χ1v) is 15.1. The first-order valence-electron chi connectivity index (χ1n) is 13.8. The van der Waals surface area contributed by atoms with Crippen LogP contribution >= 0.6 is 0 Å². The van der Waals surface area contributed by atoms with Crippen LogP contribution in [-0.2, 0) is 14.6 Å². The fourth-order valence-electron chi connectivity index (χ4n) is 4.16. The van der Waals surface area contributed by atoms with Crippen molar-refractivity contribution < 1.29 is 46.7 Å². The summed E-state index contributed by atoms with van der Waals surface area (Å²) >= 11 is 0. The molecule has 0 saturated carbocycles. The van der Waals surface area contributed by atoms with Crippen LogP contribution < -0.4 is 29.6 Å². The number of unbranched alkanes of at least 4 members (excludes halogenated alkanes) is 18. The van der Waals surface area contributed by atoms with Gasteiger partial charge in [-0.05, 0) is 19.3 Å². The average molecular weight is 497 g/mol. The second-order valence-corrected chi connectivity index (χ2v) is 10.5. The topological polar surface area (TPSA) is 66.4 Å². The Morgan fingerprint density at radius 3 is 1.48 bits per heavy atom. The monoisotopic (exact) mass is 496 g/mol. The standard InChI is InChI=1S/C27H54O4S.Na/c1-3-5-7-9-11-13-14-15-17-19-21-23-25-27(26-31-32(28,29)30)24-22-20-18-16-12-10-8-6-4-2;/h23,25,27H,3-22,24,26H2,1-2H3,(H,28,29,30);/q;+1/p-1/b25-23+;. The van der Waals surface area contributed by atoms with E-state index in [4.69, 9.17) is 0 Å². The molecule has 0 bridgehead atoms. The van der Waals surface area contributed by atoms with Gasteiger partial charge in [-0.1, -0.05) is 142 Å². The summed E-state index contributed by atoms with van der Waals surface area (Å²) in [6.45, 7) is 4.48. The van der Waals surface area contributed by atoms with E-state index < -0.39 is 10.4 Å². The molecule has 192 valence electrons. The van der Waals surface area contributed by atoms with Crippen molar-refractivity contribution in [2.45, 2.75) is 149 Å². The maximum absolute atomic E-state index is 10.8. The molecule has 0 aliphatic heterocycles. The molecule has 0 N–H and O–H groups in total. The molecular weight excluding hydrogens is 443 g/mol. The summed E-state index contributed by atoms with van der Waals surface area (Å²) in [5, 5.41) is 0. The van der Waals surface area contributed by atoms with Crippen LogP contribution in [0.1, 0.15) is 149 Å². The summed E-state index contributed by atoms with van der Waals surface area (Å²) in [6.07, 6.45) is 30.8. The van der Waals surface area contributed by atoms with E-state index >= 15 is 0 Å². The van der Waals surface area contributed by atoms with E-state index in [-0.39, 0.29) is 42.1 Å². The van der Waals surface area contributed by atoms with E-state index in [1.165, 1.54) is 116 Å². The van der Waals surface area contributed by atoms with Gasteiger partial charge in [0.05, 0.1) is 6.61 Å². The molecule has 1 unspecified atom stereocenters. The SMILES string of the molecule is CCCCCCCCCCCC/C=C/C(CCCCCCCCCCC)COS(=O)(=O)[O-].[Na+]. The van der Waals surface area contributed by atoms with Crippen molar-refractivity contribution in [2.75, 3.05) is 6.61 Å². The van der Waals surface area contributed by atoms with Gasteiger partial charge in [0.25, 0.3) is 0 Å². The summed E-state index contributed by atoms with van der Waals surface area (Å²) in [5.41, 5.74) is 0. The summed E-state index contributed by atoms with van der Waals surface area (Å²) in [6, 6.07) is 0. The summed E-state index contributed by atoms with van der Waals surface area (Å²) in [7, 11) is -4.61. The number of hydrogen-bond acceptors (Lipinski definition) is 4. The molecule has 6 heteroatoms. The van der Waals surface area contributed by atoms with Gasteiger partial charge in [0.1, 0.15) is 0 Å². The fraction of sp³-hybridized carbons (Fsp3) is 0.926. The van der Waals surface area contributed by atoms with Crippen LogP contribution in [0.2, 0.25) is 0 Å². The van der Waals surface area contributed by atoms with Crippen molar-refractivity contribution >= 4 is 10.4 Å². The summed E-state index contributed by atoms with van der Waals surface area (Å²) < 4.78 is 37.0. The van der Waals surface area contributed by atoms with Crippen LogP contribution in [0.5, 0.6) is 0 Å². The average Bonchev–Trinajstić information content (AvgIpc) is 2.75. The number of rotatable bonds is 25. The van der Waals surface area contributed by atoms with Crippen molar-refractivity contribution in [1.29, 1.82) is 0 Å². The maximum Gasteiger partial charge on any atom is 1.00 e. The molecular formula is C27H53NaO4S. The van der Waals surface area contributed by atoms with Crippen molar-refractivity contribution in [3.05, 3.63) is 12.2 Å². The Hall–Kier alpha value is 0.610. The molecule has 0 heterocycles. The predicted octanol–water partition coefficient (Wildman–Crippen LogP) is 5.87. The molecule has 0 fully saturated rings. The Morgan fingerprint density at radius 2 is 1.06 bits per heavy atom. The van der Waals surface area contributed by atoms with Crippen molar-refractivity contribution in [2.24, 2.45) is 5.92 Å². The molecule has 0 aliphatic rings. The van der Waals surface area contributed by atoms with Crippen LogP contribution in [0, 0.1) is 5.92 Å². The van der Waals surface area contributed by atoms with Gasteiger partial charge in [0.2, 0.25) is 10.4 Å². The quantitative estimate of drug-likeness (QED) is 0.0521. The van der Waals surface area contributed by atoms with Gasteiger partial charge in [0.15, 0.2) is 0 Å². The minimum Gasteiger partial charge on any atom is -0.726 e. The second-order valence-electron chi connectivity index (χ2n) is 9.47. The fourth-order valence-corrected chi connectivity index (χ4v) is 4.50. The van der Waals surface area contributed by atoms with Crippen molar-refractivity contribution in [3.63, 3.8) is 0 Å². The van der Waals surface area contributed by atoms with Gasteiger partial charge in [-0.25, -0.2) is 8.42 Å². The molecule has 0 amide bonds. The minimum atomic E-state index is -4.61. The molecule has 0 aromatic carbocycles. The maximum atomic E-state index is 10.8. The third-order valence-corrected chi connectivity index (χ3v) is 6.66. The molecule has 0 spiro atoms. The molecule has 0 rings (SSSR count). The largest absolute Gasteiger partial charge is 1.00 e. The Labute approximate surface area is 229 Å². The van der Waals surface area contributed by atoms with Crippen molar-refractivity contribution in [3.8, 4) is 0 Å². The third-order valence-electron chi connectivity index (χ3n) is 6.24. The minimum absolute atomic E-state index is 0. The third kappa shape index (κ3) is 30.6. The zero-order chi connectivity index (χ0) is 23.8. The van der Waals surface area contributed by atoms with E-state index in [2.05, 4.69) is 30.2 Å². The Bertz CT molecular complexity index is 508. The molecule has 1 atom stereocenters. The van der Waals surface area contributed by atoms with E-state index in [0.29, 0.717) is 0 Å². The van der Waals surface area contributed by atoms with Crippen LogP contribution in [0.25, 0.3) is 0 Å². The Morgan fingerprint density at radius 1 is 0.667 bits per heavy atom. The van der Waals surface area contributed by atoms with E-state index in [1.54, 1.807) is 0 Å². The molecule has 4 nitrogen and oxygen atoms in total. The molecule has 33 heavy (non-hydrogen) atoms. The predicted molar refractivity (Wildman–Crippen MR) is 137 cm³/mol. The first-order chi connectivity index (χ1) is 15.5. The van der Waals surface area contributed by atoms with E-state index in [0.717, 1.165) is 19.3 Å². The summed E-state index contributed by atoms with van der Waals surface area (Å²) in [4.78, 5) is 0. The van der Waals surface area contributed by atoms with Crippen LogP contribution in [0.4, 0.5) is 0 Å². The molecule has 0 aromatic heterocycles. The molecule has 0 aromatic rings. The van der Waals surface area contributed by atoms with Crippen LogP contribution in [0.15, 0.2) is 12.2 Å². The van der Waals surface area contributed by atoms with Crippen LogP contribution in [-0.4, -0.2) is 19.6 Å². The Balaban J connectivity index is 0. The first kappa shape index (κ1) is 35.8. The zero-order valence-electron chi connectivity index (χ0n) is 22.3. The zero-order valence-corrected chi connectivity index (χ0v) is 25.1. The van der Waals surface area contributed by atoms with Gasteiger partial charge in [0, 0.05) is 5.92 Å². The van der Waals surface area contributed by atoms with Gasteiger partial charge in [-0.3, -0.25) is 4.18 Å². The summed E-state index contributed by atoms with van der Waals surface area (Å²) in [5.74, 6) is 0.0198. The number of allylic oxidation sites excluding steroid dienone is 1. The van der Waals surface area contributed by atoms with Crippen molar-refractivity contribution in [1.82, 2.24) is 0 Å². The van der Waals surface area contributed by atoms with Gasteiger partial charge in [-0.15, -0.1) is 0 Å². The van der Waals surface area contributed by atoms with Gasteiger partial charge < -0.3 is 4.55 Å².